The topological polar surface area (TPSA) is 24.5 Å². The normalized spacial score (nSPS) is 22.5. The standard InChI is InChI=1S/C17H25BrN2O/c1-21-17-7-4-13(9-16(17)18)11-20(15-5-6-15)12-14-3-2-8-19-10-14/h4,7,9,14-15,19H,2-3,5-6,8,10-12H2,1H3. The van der Waals surface area contributed by atoms with E-state index < -0.39 is 0 Å². The van der Waals surface area contributed by atoms with Gasteiger partial charge in [0.15, 0.2) is 0 Å². The number of methoxy groups -OCH3 is 1. The van der Waals surface area contributed by atoms with Crippen molar-refractivity contribution in [1.82, 2.24) is 10.2 Å². The van der Waals surface area contributed by atoms with Crippen LogP contribution in [-0.4, -0.2) is 37.7 Å². The van der Waals surface area contributed by atoms with E-state index in [9.17, 15) is 0 Å². The van der Waals surface area contributed by atoms with Crippen LogP contribution < -0.4 is 10.1 Å². The maximum Gasteiger partial charge on any atom is 0.133 e. The molecule has 0 amide bonds. The van der Waals surface area contributed by atoms with E-state index in [0.717, 1.165) is 28.7 Å². The summed E-state index contributed by atoms with van der Waals surface area (Å²) < 4.78 is 6.37. The summed E-state index contributed by atoms with van der Waals surface area (Å²) in [6, 6.07) is 7.27. The fourth-order valence-corrected chi connectivity index (χ4v) is 3.82. The quantitative estimate of drug-likeness (QED) is 0.848. The van der Waals surface area contributed by atoms with Gasteiger partial charge in [-0.3, -0.25) is 4.90 Å². The molecule has 1 aromatic carbocycles. The van der Waals surface area contributed by atoms with E-state index in [0.29, 0.717) is 0 Å². The predicted molar refractivity (Wildman–Crippen MR) is 89.7 cm³/mol. The van der Waals surface area contributed by atoms with Gasteiger partial charge in [0.1, 0.15) is 5.75 Å². The van der Waals surface area contributed by atoms with Crippen molar-refractivity contribution in [1.29, 1.82) is 0 Å². The fraction of sp³-hybridized carbons (Fsp3) is 0.647. The summed E-state index contributed by atoms with van der Waals surface area (Å²) in [7, 11) is 1.71. The molecule has 1 saturated heterocycles. The zero-order valence-corrected chi connectivity index (χ0v) is 14.4. The Kier molecular flexibility index (Phi) is 5.19. The van der Waals surface area contributed by atoms with Gasteiger partial charge in [-0.05, 0) is 78.3 Å². The third-order valence-electron chi connectivity index (χ3n) is 4.56. The lowest BCUT2D eigenvalue weighted by atomic mass is 9.98. The molecule has 1 atom stereocenters. The van der Waals surface area contributed by atoms with Gasteiger partial charge in [0, 0.05) is 19.1 Å². The lowest BCUT2D eigenvalue weighted by molar-refractivity contribution is 0.192. The van der Waals surface area contributed by atoms with E-state index in [1.165, 1.54) is 50.9 Å². The van der Waals surface area contributed by atoms with Crippen molar-refractivity contribution in [3.8, 4) is 5.75 Å². The highest BCUT2D eigenvalue weighted by Gasteiger charge is 2.30. The highest BCUT2D eigenvalue weighted by atomic mass is 79.9. The molecule has 1 aromatic rings. The molecule has 1 heterocycles. The highest BCUT2D eigenvalue weighted by Crippen LogP contribution is 2.31. The summed E-state index contributed by atoms with van der Waals surface area (Å²) in [5.74, 6) is 1.73. The Balaban J connectivity index is 1.63. The first kappa shape index (κ1) is 15.3. The molecule has 1 unspecified atom stereocenters. The molecule has 1 saturated carbocycles. The Bertz CT molecular complexity index is 470. The van der Waals surface area contributed by atoms with Crippen molar-refractivity contribution in [2.45, 2.75) is 38.3 Å². The number of halogens is 1. The summed E-state index contributed by atoms with van der Waals surface area (Å²) in [5.41, 5.74) is 1.37. The van der Waals surface area contributed by atoms with Gasteiger partial charge in [-0.2, -0.15) is 0 Å². The van der Waals surface area contributed by atoms with E-state index in [2.05, 4.69) is 44.3 Å². The predicted octanol–water partition coefficient (Wildman–Crippen LogP) is 3.42. The summed E-state index contributed by atoms with van der Waals surface area (Å²) in [5, 5.41) is 3.54. The lowest BCUT2D eigenvalue weighted by Crippen LogP contribution is -2.39. The van der Waals surface area contributed by atoms with E-state index >= 15 is 0 Å². The molecule has 0 aromatic heterocycles. The Labute approximate surface area is 136 Å². The molecule has 1 aliphatic heterocycles. The van der Waals surface area contributed by atoms with Crippen LogP contribution in [0.2, 0.25) is 0 Å². The number of nitrogens with zero attached hydrogens (tertiary/aromatic N) is 1. The maximum atomic E-state index is 5.32. The molecule has 3 rings (SSSR count). The fourth-order valence-electron chi connectivity index (χ4n) is 3.24. The number of piperidine rings is 1. The number of benzene rings is 1. The largest absolute Gasteiger partial charge is 0.496 e. The Morgan fingerprint density at radius 3 is 2.81 bits per heavy atom. The minimum Gasteiger partial charge on any atom is -0.496 e. The smallest absolute Gasteiger partial charge is 0.133 e. The van der Waals surface area contributed by atoms with E-state index in [1.807, 2.05) is 0 Å². The molecule has 21 heavy (non-hydrogen) atoms. The van der Waals surface area contributed by atoms with Gasteiger partial charge in [0.25, 0.3) is 0 Å². The Morgan fingerprint density at radius 2 is 2.19 bits per heavy atom. The van der Waals surface area contributed by atoms with Crippen LogP contribution in [0.1, 0.15) is 31.2 Å². The van der Waals surface area contributed by atoms with Crippen molar-refractivity contribution in [3.63, 3.8) is 0 Å². The Hall–Kier alpha value is -0.580. The van der Waals surface area contributed by atoms with Crippen LogP contribution in [0, 0.1) is 5.92 Å². The molecule has 3 nitrogen and oxygen atoms in total. The lowest BCUT2D eigenvalue weighted by Gasteiger charge is -2.30. The minimum absolute atomic E-state index is 0.813. The number of hydrogen-bond donors (Lipinski definition) is 1. The second-order valence-electron chi connectivity index (χ2n) is 6.34. The molecule has 2 fully saturated rings. The van der Waals surface area contributed by atoms with Gasteiger partial charge in [0.2, 0.25) is 0 Å². The third kappa shape index (κ3) is 4.21. The molecule has 116 valence electrons. The molecular formula is C17H25BrN2O. The zero-order valence-electron chi connectivity index (χ0n) is 12.8. The van der Waals surface area contributed by atoms with Crippen LogP contribution in [0.15, 0.2) is 22.7 Å². The van der Waals surface area contributed by atoms with Crippen molar-refractivity contribution in [3.05, 3.63) is 28.2 Å². The molecule has 2 aliphatic rings. The van der Waals surface area contributed by atoms with Crippen LogP contribution in [0.5, 0.6) is 5.75 Å². The average Bonchev–Trinajstić information content (AvgIpc) is 3.32. The number of nitrogens with one attached hydrogen (secondary N) is 1. The van der Waals surface area contributed by atoms with Gasteiger partial charge in [-0.15, -0.1) is 0 Å². The van der Waals surface area contributed by atoms with Crippen molar-refractivity contribution in [2.75, 3.05) is 26.7 Å². The minimum atomic E-state index is 0.813. The van der Waals surface area contributed by atoms with Gasteiger partial charge in [0.05, 0.1) is 11.6 Å². The molecule has 0 radical (unpaired) electrons. The summed E-state index contributed by atoms with van der Waals surface area (Å²) in [6.45, 7) is 4.69. The third-order valence-corrected chi connectivity index (χ3v) is 5.18. The average molecular weight is 353 g/mol. The molecule has 0 bridgehead atoms. The number of ether oxygens (including phenoxy) is 1. The van der Waals surface area contributed by atoms with Crippen LogP contribution in [-0.2, 0) is 6.54 Å². The molecule has 4 heteroatoms. The van der Waals surface area contributed by atoms with E-state index in [1.54, 1.807) is 7.11 Å². The van der Waals surface area contributed by atoms with Gasteiger partial charge < -0.3 is 10.1 Å². The number of hydrogen-bond acceptors (Lipinski definition) is 3. The van der Waals surface area contributed by atoms with Crippen LogP contribution >= 0.6 is 15.9 Å². The highest BCUT2D eigenvalue weighted by molar-refractivity contribution is 9.10. The van der Waals surface area contributed by atoms with Gasteiger partial charge in [-0.25, -0.2) is 0 Å². The van der Waals surface area contributed by atoms with Crippen LogP contribution in [0.25, 0.3) is 0 Å². The molecule has 1 N–H and O–H groups in total. The molecule has 1 aliphatic carbocycles. The van der Waals surface area contributed by atoms with E-state index in [4.69, 9.17) is 4.74 Å². The van der Waals surface area contributed by atoms with Crippen LogP contribution in [0.3, 0.4) is 0 Å². The van der Waals surface area contributed by atoms with Crippen molar-refractivity contribution in [2.24, 2.45) is 5.92 Å². The summed E-state index contributed by atoms with van der Waals surface area (Å²) >= 11 is 3.59. The van der Waals surface area contributed by atoms with Gasteiger partial charge >= 0.3 is 0 Å². The van der Waals surface area contributed by atoms with Gasteiger partial charge in [-0.1, -0.05) is 6.07 Å². The monoisotopic (exact) mass is 352 g/mol. The van der Waals surface area contributed by atoms with Crippen molar-refractivity contribution < 1.29 is 4.74 Å². The number of rotatable bonds is 6. The molecular weight excluding hydrogens is 328 g/mol. The van der Waals surface area contributed by atoms with Crippen LogP contribution in [0.4, 0.5) is 0 Å². The Morgan fingerprint density at radius 1 is 1.33 bits per heavy atom. The summed E-state index contributed by atoms with van der Waals surface area (Å²) in [6.07, 6.45) is 5.45. The second-order valence-corrected chi connectivity index (χ2v) is 7.20. The SMILES string of the molecule is COc1ccc(CN(CC2CCCNC2)C2CC2)cc1Br. The first-order chi connectivity index (χ1) is 10.3. The van der Waals surface area contributed by atoms with Crippen molar-refractivity contribution >= 4 is 15.9 Å². The zero-order chi connectivity index (χ0) is 14.7. The molecule has 0 spiro atoms. The second kappa shape index (κ2) is 7.12. The first-order valence-corrected chi connectivity index (χ1v) is 8.82. The van der Waals surface area contributed by atoms with E-state index in [-0.39, 0.29) is 0 Å². The maximum absolute atomic E-state index is 5.32. The first-order valence-electron chi connectivity index (χ1n) is 8.03. The summed E-state index contributed by atoms with van der Waals surface area (Å²) in [4.78, 5) is 2.69.